The average molecular weight is 334 g/mol. The van der Waals surface area contributed by atoms with Crippen LogP contribution in [0.25, 0.3) is 0 Å². The summed E-state index contributed by atoms with van der Waals surface area (Å²) in [5.41, 5.74) is 0.198. The fraction of sp³-hybridized carbons (Fsp3) is 0.824. The van der Waals surface area contributed by atoms with Crippen LogP contribution in [-0.2, 0) is 16.1 Å². The Morgan fingerprint density at radius 1 is 1.33 bits per heavy atom. The molecule has 4 heterocycles. The highest BCUT2D eigenvalue weighted by Gasteiger charge is 2.44. The van der Waals surface area contributed by atoms with Crippen molar-refractivity contribution in [3.05, 3.63) is 11.7 Å². The van der Waals surface area contributed by atoms with E-state index >= 15 is 0 Å². The summed E-state index contributed by atoms with van der Waals surface area (Å²) < 4.78 is 11.0. The van der Waals surface area contributed by atoms with E-state index in [1.165, 1.54) is 0 Å². The summed E-state index contributed by atoms with van der Waals surface area (Å²) in [4.78, 5) is 20.9. The van der Waals surface area contributed by atoms with Crippen LogP contribution in [-0.4, -0.2) is 58.6 Å². The smallest absolute Gasteiger partial charge is 0.255 e. The van der Waals surface area contributed by atoms with Crippen molar-refractivity contribution in [2.45, 2.75) is 51.7 Å². The third-order valence-electron chi connectivity index (χ3n) is 5.76. The maximum absolute atomic E-state index is 12.0. The average Bonchev–Trinajstić information content (AvgIpc) is 3.30. The van der Waals surface area contributed by atoms with Crippen molar-refractivity contribution in [1.82, 2.24) is 19.9 Å². The van der Waals surface area contributed by atoms with Crippen LogP contribution in [0.4, 0.5) is 0 Å². The number of amides is 1. The largest absolute Gasteiger partial charge is 0.368 e. The van der Waals surface area contributed by atoms with Gasteiger partial charge in [0.05, 0.1) is 6.54 Å². The van der Waals surface area contributed by atoms with Crippen molar-refractivity contribution in [1.29, 1.82) is 0 Å². The highest BCUT2D eigenvalue weighted by molar-refractivity contribution is 5.79. The van der Waals surface area contributed by atoms with E-state index in [-0.39, 0.29) is 11.5 Å². The summed E-state index contributed by atoms with van der Waals surface area (Å²) in [6, 6.07) is 0. The molecular formula is C17H26N4O3. The van der Waals surface area contributed by atoms with E-state index in [0.717, 1.165) is 77.3 Å². The van der Waals surface area contributed by atoms with Gasteiger partial charge < -0.3 is 14.2 Å². The number of piperidine rings is 1. The van der Waals surface area contributed by atoms with Crippen molar-refractivity contribution in [2.24, 2.45) is 5.41 Å². The minimum absolute atomic E-state index is 0.0135. The Kier molecular flexibility index (Phi) is 4.30. The van der Waals surface area contributed by atoms with Gasteiger partial charge in [-0.25, -0.2) is 0 Å². The van der Waals surface area contributed by atoms with Gasteiger partial charge in [-0.3, -0.25) is 9.69 Å². The van der Waals surface area contributed by atoms with Gasteiger partial charge in [0, 0.05) is 26.1 Å². The molecule has 4 rings (SSSR count). The summed E-state index contributed by atoms with van der Waals surface area (Å²) in [6.07, 6.45) is 4.89. The molecule has 0 unspecified atom stereocenters. The number of carbonyl (C=O) groups is 1. The highest BCUT2D eigenvalue weighted by atomic mass is 16.5. The fourth-order valence-electron chi connectivity index (χ4n) is 4.22. The monoisotopic (exact) mass is 334 g/mol. The molecule has 1 aromatic rings. The van der Waals surface area contributed by atoms with Gasteiger partial charge in [0.2, 0.25) is 5.91 Å². The topological polar surface area (TPSA) is 71.7 Å². The van der Waals surface area contributed by atoms with Gasteiger partial charge in [-0.1, -0.05) is 5.16 Å². The van der Waals surface area contributed by atoms with Gasteiger partial charge in [-0.05, 0) is 51.1 Å². The maximum Gasteiger partial charge on any atom is 0.255 e. The number of hydrogen-bond acceptors (Lipinski definition) is 6. The minimum Gasteiger partial charge on any atom is -0.368 e. The molecule has 3 fully saturated rings. The van der Waals surface area contributed by atoms with E-state index < -0.39 is 0 Å². The lowest BCUT2D eigenvalue weighted by atomic mass is 9.77. The lowest BCUT2D eigenvalue weighted by Crippen LogP contribution is -2.41. The van der Waals surface area contributed by atoms with Crippen LogP contribution in [0.1, 0.15) is 56.8 Å². The van der Waals surface area contributed by atoms with E-state index in [1.807, 2.05) is 4.90 Å². The van der Waals surface area contributed by atoms with Crippen LogP contribution >= 0.6 is 0 Å². The SMILES string of the molecule is CCN1CC2(CCN(Cc3noc([C@@H]4CCCO4)n3)CC2)CC1=O. The summed E-state index contributed by atoms with van der Waals surface area (Å²) in [5, 5.41) is 4.11. The van der Waals surface area contributed by atoms with E-state index in [4.69, 9.17) is 9.26 Å². The second-order valence-electron chi connectivity index (χ2n) is 7.41. The number of ether oxygens (including phenoxy) is 1. The minimum atomic E-state index is -0.0135. The zero-order valence-electron chi connectivity index (χ0n) is 14.4. The first-order valence-electron chi connectivity index (χ1n) is 9.12. The van der Waals surface area contributed by atoms with Crippen LogP contribution in [0.2, 0.25) is 0 Å². The van der Waals surface area contributed by atoms with Gasteiger partial charge in [0.25, 0.3) is 5.89 Å². The molecule has 1 spiro atoms. The number of likely N-dealkylation sites (tertiary alicyclic amines) is 2. The third kappa shape index (κ3) is 3.07. The quantitative estimate of drug-likeness (QED) is 0.835. The Morgan fingerprint density at radius 3 is 2.83 bits per heavy atom. The number of aromatic nitrogens is 2. The number of rotatable bonds is 4. The zero-order valence-corrected chi connectivity index (χ0v) is 14.4. The lowest BCUT2D eigenvalue weighted by Gasteiger charge is -2.38. The first-order chi connectivity index (χ1) is 11.7. The van der Waals surface area contributed by atoms with Crippen molar-refractivity contribution in [3.63, 3.8) is 0 Å². The van der Waals surface area contributed by atoms with E-state index in [2.05, 4.69) is 22.0 Å². The Labute approximate surface area is 142 Å². The third-order valence-corrected chi connectivity index (χ3v) is 5.76. The maximum atomic E-state index is 12.0. The molecule has 0 bridgehead atoms. The van der Waals surface area contributed by atoms with Crippen LogP contribution in [0.15, 0.2) is 4.52 Å². The molecule has 3 aliphatic rings. The molecule has 24 heavy (non-hydrogen) atoms. The summed E-state index contributed by atoms with van der Waals surface area (Å²) in [6.45, 7) is 7.32. The molecule has 3 saturated heterocycles. The Morgan fingerprint density at radius 2 is 2.17 bits per heavy atom. The van der Waals surface area contributed by atoms with Gasteiger partial charge in [0.1, 0.15) is 6.10 Å². The van der Waals surface area contributed by atoms with Gasteiger partial charge in [-0.2, -0.15) is 4.98 Å². The Bertz CT molecular complexity index is 588. The molecule has 0 saturated carbocycles. The van der Waals surface area contributed by atoms with Crippen LogP contribution in [0, 0.1) is 5.41 Å². The molecule has 7 nitrogen and oxygen atoms in total. The van der Waals surface area contributed by atoms with Gasteiger partial charge in [0.15, 0.2) is 5.82 Å². The predicted molar refractivity (Wildman–Crippen MR) is 86.0 cm³/mol. The van der Waals surface area contributed by atoms with E-state index in [1.54, 1.807) is 0 Å². The van der Waals surface area contributed by atoms with Crippen molar-refractivity contribution in [2.75, 3.05) is 32.8 Å². The van der Waals surface area contributed by atoms with Crippen molar-refractivity contribution < 1.29 is 14.1 Å². The first kappa shape index (κ1) is 16.0. The molecule has 0 aliphatic carbocycles. The van der Waals surface area contributed by atoms with Crippen molar-refractivity contribution >= 4 is 5.91 Å². The number of carbonyl (C=O) groups excluding carboxylic acids is 1. The molecule has 3 aliphatic heterocycles. The highest BCUT2D eigenvalue weighted by Crippen LogP contribution is 2.41. The van der Waals surface area contributed by atoms with Crippen LogP contribution < -0.4 is 0 Å². The molecule has 0 N–H and O–H groups in total. The second-order valence-corrected chi connectivity index (χ2v) is 7.41. The van der Waals surface area contributed by atoms with Crippen molar-refractivity contribution in [3.8, 4) is 0 Å². The molecule has 1 amide bonds. The molecule has 0 radical (unpaired) electrons. The van der Waals surface area contributed by atoms with Gasteiger partial charge >= 0.3 is 0 Å². The van der Waals surface area contributed by atoms with Gasteiger partial charge in [-0.15, -0.1) is 0 Å². The molecule has 1 aromatic heterocycles. The Hall–Kier alpha value is -1.47. The van der Waals surface area contributed by atoms with Crippen LogP contribution in [0.3, 0.4) is 0 Å². The Balaban J connectivity index is 1.31. The fourth-order valence-corrected chi connectivity index (χ4v) is 4.22. The van der Waals surface area contributed by atoms with E-state index in [0.29, 0.717) is 11.8 Å². The normalized spacial score (nSPS) is 27.5. The standard InChI is InChI=1S/C17H26N4O3/c1-2-21-12-17(10-15(21)22)5-7-20(8-6-17)11-14-18-16(24-19-14)13-4-3-9-23-13/h13H,2-12H2,1H3/t13-/m0/s1. The first-order valence-corrected chi connectivity index (χ1v) is 9.12. The molecule has 7 heteroatoms. The summed E-state index contributed by atoms with van der Waals surface area (Å²) >= 11 is 0. The van der Waals surface area contributed by atoms with Crippen LogP contribution in [0.5, 0.6) is 0 Å². The predicted octanol–water partition coefficient (Wildman–Crippen LogP) is 1.76. The molecular weight excluding hydrogens is 308 g/mol. The molecule has 132 valence electrons. The zero-order chi connectivity index (χ0) is 16.6. The number of nitrogens with zero attached hydrogens (tertiary/aromatic N) is 4. The lowest BCUT2D eigenvalue weighted by molar-refractivity contribution is -0.127. The summed E-state index contributed by atoms with van der Waals surface area (Å²) in [7, 11) is 0. The molecule has 1 atom stereocenters. The van der Waals surface area contributed by atoms with E-state index in [9.17, 15) is 4.79 Å². The molecule has 0 aromatic carbocycles. The second kappa shape index (κ2) is 6.44. The summed E-state index contributed by atoms with van der Waals surface area (Å²) in [5.74, 6) is 1.69. The number of hydrogen-bond donors (Lipinski definition) is 0.